The molecule has 0 fully saturated rings. The largest absolute Gasteiger partial charge is 0.352 e. The highest BCUT2D eigenvalue weighted by molar-refractivity contribution is 6.03. The van der Waals surface area contributed by atoms with Crippen molar-refractivity contribution in [1.82, 2.24) is 10.3 Å². The molecule has 0 aliphatic heterocycles. The van der Waals surface area contributed by atoms with Crippen LogP contribution in [0.3, 0.4) is 0 Å². The van der Waals surface area contributed by atoms with Crippen LogP contribution in [0, 0.1) is 11.3 Å². The van der Waals surface area contributed by atoms with E-state index in [0.29, 0.717) is 17.8 Å². The summed E-state index contributed by atoms with van der Waals surface area (Å²) in [6.45, 7) is 0.330. The average molecular weight is 294 g/mol. The van der Waals surface area contributed by atoms with Crippen LogP contribution < -0.4 is 10.6 Å². The molecular weight excluding hydrogens is 280 g/mol. The summed E-state index contributed by atoms with van der Waals surface area (Å²) < 4.78 is 0. The molecule has 6 heteroatoms. The lowest BCUT2D eigenvalue weighted by molar-refractivity contribution is -0.126. The van der Waals surface area contributed by atoms with Crippen molar-refractivity contribution in [3.05, 3.63) is 59.9 Å². The van der Waals surface area contributed by atoms with Gasteiger partial charge in [-0.1, -0.05) is 6.07 Å². The van der Waals surface area contributed by atoms with Crippen molar-refractivity contribution >= 4 is 17.5 Å². The third kappa shape index (κ3) is 4.72. The molecule has 1 aromatic carbocycles. The molecule has 1 heterocycles. The number of rotatable bonds is 5. The van der Waals surface area contributed by atoms with Gasteiger partial charge in [0.05, 0.1) is 11.6 Å². The van der Waals surface area contributed by atoms with E-state index >= 15 is 0 Å². The van der Waals surface area contributed by atoms with Gasteiger partial charge in [-0.25, -0.2) is 0 Å². The first-order chi connectivity index (χ1) is 10.7. The average Bonchev–Trinajstić information content (AvgIpc) is 2.54. The predicted octanol–water partition coefficient (Wildman–Crippen LogP) is 1.60. The fourth-order valence-electron chi connectivity index (χ4n) is 1.74. The number of anilines is 1. The van der Waals surface area contributed by atoms with E-state index in [2.05, 4.69) is 15.6 Å². The maximum absolute atomic E-state index is 11.7. The monoisotopic (exact) mass is 294 g/mol. The summed E-state index contributed by atoms with van der Waals surface area (Å²) in [4.78, 5) is 27.4. The Morgan fingerprint density at radius 3 is 2.55 bits per heavy atom. The minimum atomic E-state index is -0.409. The molecule has 0 bridgehead atoms. The number of nitriles is 1. The van der Waals surface area contributed by atoms with Gasteiger partial charge in [0.2, 0.25) is 11.8 Å². The lowest BCUT2D eigenvalue weighted by Crippen LogP contribution is -2.27. The number of amides is 2. The highest BCUT2D eigenvalue weighted by Gasteiger charge is 2.09. The molecule has 2 amide bonds. The van der Waals surface area contributed by atoms with Crippen LogP contribution in [0.1, 0.15) is 17.5 Å². The summed E-state index contributed by atoms with van der Waals surface area (Å²) in [5, 5.41) is 13.9. The number of carbonyl (C=O) groups is 2. The van der Waals surface area contributed by atoms with E-state index in [1.54, 1.807) is 42.7 Å². The summed E-state index contributed by atoms with van der Waals surface area (Å²) in [6, 6.07) is 12.0. The first-order valence-electron chi connectivity index (χ1n) is 6.63. The molecule has 0 spiro atoms. The lowest BCUT2D eigenvalue weighted by Gasteiger charge is -2.06. The maximum Gasteiger partial charge on any atom is 0.233 e. The van der Waals surface area contributed by atoms with Crippen molar-refractivity contribution in [3.8, 4) is 6.07 Å². The number of nitrogens with one attached hydrogen (secondary N) is 2. The van der Waals surface area contributed by atoms with Crippen LogP contribution in [0.15, 0.2) is 48.8 Å². The van der Waals surface area contributed by atoms with Gasteiger partial charge in [-0.3, -0.25) is 14.6 Å². The van der Waals surface area contributed by atoms with Crippen molar-refractivity contribution in [1.29, 1.82) is 5.26 Å². The van der Waals surface area contributed by atoms with Crippen molar-refractivity contribution in [2.45, 2.75) is 13.0 Å². The van der Waals surface area contributed by atoms with E-state index in [4.69, 9.17) is 5.26 Å². The minimum Gasteiger partial charge on any atom is -0.352 e. The van der Waals surface area contributed by atoms with Crippen molar-refractivity contribution in [2.75, 3.05) is 5.32 Å². The smallest absolute Gasteiger partial charge is 0.233 e. The number of carbonyl (C=O) groups excluding carboxylic acids is 2. The standard InChI is InChI=1S/C16H14N4O2/c17-9-12-3-5-14(6-4-12)20-16(22)8-15(21)19-11-13-2-1-7-18-10-13/h1-7,10H,8,11H2,(H,19,21)(H,20,22). The van der Waals surface area contributed by atoms with Gasteiger partial charge < -0.3 is 10.6 Å². The molecule has 6 nitrogen and oxygen atoms in total. The van der Waals surface area contributed by atoms with Crippen LogP contribution in [0.2, 0.25) is 0 Å². The SMILES string of the molecule is N#Cc1ccc(NC(=O)CC(=O)NCc2cccnc2)cc1. The summed E-state index contributed by atoms with van der Waals surface area (Å²) in [7, 11) is 0. The topological polar surface area (TPSA) is 94.9 Å². The van der Waals surface area contributed by atoms with E-state index in [1.807, 2.05) is 12.1 Å². The Morgan fingerprint density at radius 1 is 1.14 bits per heavy atom. The van der Waals surface area contributed by atoms with Crippen LogP contribution in [-0.2, 0) is 16.1 Å². The Kier molecular flexibility index (Phi) is 5.21. The van der Waals surface area contributed by atoms with E-state index in [9.17, 15) is 9.59 Å². The summed E-state index contributed by atoms with van der Waals surface area (Å²) >= 11 is 0. The number of hydrogen-bond acceptors (Lipinski definition) is 4. The van der Waals surface area contributed by atoms with E-state index in [0.717, 1.165) is 5.56 Å². The molecule has 0 saturated carbocycles. The Morgan fingerprint density at radius 2 is 1.91 bits per heavy atom. The second-order valence-corrected chi connectivity index (χ2v) is 4.55. The van der Waals surface area contributed by atoms with Crippen molar-refractivity contribution in [3.63, 3.8) is 0 Å². The van der Waals surface area contributed by atoms with Gasteiger partial charge in [0.1, 0.15) is 6.42 Å². The van der Waals surface area contributed by atoms with Gasteiger partial charge in [0, 0.05) is 24.6 Å². The molecule has 0 saturated heterocycles. The van der Waals surface area contributed by atoms with Crippen molar-refractivity contribution < 1.29 is 9.59 Å². The fourth-order valence-corrected chi connectivity index (χ4v) is 1.74. The highest BCUT2D eigenvalue weighted by atomic mass is 16.2. The Labute approximate surface area is 127 Å². The van der Waals surface area contributed by atoms with Gasteiger partial charge in [-0.15, -0.1) is 0 Å². The summed E-state index contributed by atoms with van der Waals surface area (Å²) in [5.41, 5.74) is 1.92. The van der Waals surface area contributed by atoms with Gasteiger partial charge >= 0.3 is 0 Å². The predicted molar refractivity (Wildman–Crippen MR) is 80.5 cm³/mol. The lowest BCUT2D eigenvalue weighted by atomic mass is 10.2. The Balaban J connectivity index is 1.78. The van der Waals surface area contributed by atoms with Crippen LogP contribution in [-0.4, -0.2) is 16.8 Å². The fraction of sp³-hybridized carbons (Fsp3) is 0.125. The van der Waals surface area contributed by atoms with Gasteiger partial charge in [0.15, 0.2) is 0 Å². The first-order valence-corrected chi connectivity index (χ1v) is 6.63. The second kappa shape index (κ2) is 7.55. The minimum absolute atomic E-state index is 0.264. The molecule has 22 heavy (non-hydrogen) atoms. The molecular formula is C16H14N4O2. The zero-order valence-electron chi connectivity index (χ0n) is 11.7. The molecule has 0 unspecified atom stereocenters. The third-order valence-electron chi connectivity index (χ3n) is 2.83. The van der Waals surface area contributed by atoms with E-state index < -0.39 is 5.91 Å². The molecule has 1 aromatic heterocycles. The third-order valence-corrected chi connectivity index (χ3v) is 2.83. The molecule has 2 N–H and O–H groups in total. The highest BCUT2D eigenvalue weighted by Crippen LogP contribution is 2.09. The molecule has 110 valence electrons. The van der Waals surface area contributed by atoms with Crippen LogP contribution >= 0.6 is 0 Å². The van der Waals surface area contributed by atoms with Crippen LogP contribution in [0.25, 0.3) is 0 Å². The quantitative estimate of drug-likeness (QED) is 0.819. The molecule has 0 radical (unpaired) electrons. The summed E-state index contributed by atoms with van der Waals surface area (Å²) in [6.07, 6.45) is 3.04. The van der Waals surface area contributed by atoms with Crippen LogP contribution in [0.5, 0.6) is 0 Å². The Hall–Kier alpha value is -3.20. The Bertz CT molecular complexity index is 690. The zero-order valence-corrected chi connectivity index (χ0v) is 11.7. The van der Waals surface area contributed by atoms with Crippen LogP contribution in [0.4, 0.5) is 5.69 Å². The second-order valence-electron chi connectivity index (χ2n) is 4.55. The molecule has 2 aromatic rings. The van der Waals surface area contributed by atoms with Gasteiger partial charge in [-0.05, 0) is 35.9 Å². The number of nitrogens with zero attached hydrogens (tertiary/aromatic N) is 2. The molecule has 2 rings (SSSR count). The van der Waals surface area contributed by atoms with Gasteiger partial charge in [-0.2, -0.15) is 5.26 Å². The molecule has 0 aliphatic rings. The molecule has 0 aliphatic carbocycles. The molecule has 0 atom stereocenters. The van der Waals surface area contributed by atoms with E-state index in [1.165, 1.54) is 0 Å². The normalized spacial score (nSPS) is 9.59. The number of hydrogen-bond donors (Lipinski definition) is 2. The number of aromatic nitrogens is 1. The first kappa shape index (κ1) is 15.2. The van der Waals surface area contributed by atoms with Crippen molar-refractivity contribution in [2.24, 2.45) is 0 Å². The number of benzene rings is 1. The summed E-state index contributed by atoms with van der Waals surface area (Å²) in [5.74, 6) is -0.775. The maximum atomic E-state index is 11.7. The number of pyridine rings is 1. The zero-order chi connectivity index (χ0) is 15.8. The van der Waals surface area contributed by atoms with E-state index in [-0.39, 0.29) is 12.3 Å². The van der Waals surface area contributed by atoms with Gasteiger partial charge in [0.25, 0.3) is 0 Å².